The first kappa shape index (κ1) is 19.9. The van der Waals surface area contributed by atoms with Crippen LogP contribution >= 0.6 is 0 Å². The molecule has 29 heavy (non-hydrogen) atoms. The predicted molar refractivity (Wildman–Crippen MR) is 101 cm³/mol. The van der Waals surface area contributed by atoms with Crippen LogP contribution in [0.25, 0.3) is 0 Å². The van der Waals surface area contributed by atoms with Crippen LogP contribution in [0.5, 0.6) is 17.2 Å². The summed E-state index contributed by atoms with van der Waals surface area (Å²) in [6, 6.07) is 8.34. The number of rotatable bonds is 6. The number of esters is 1. The molecule has 10 nitrogen and oxygen atoms in total. The second kappa shape index (κ2) is 8.46. The molecule has 10 heteroatoms. The minimum absolute atomic E-state index is 0.0916. The van der Waals surface area contributed by atoms with Crippen molar-refractivity contribution >= 4 is 23.3 Å². The molecule has 1 N–H and O–H groups in total. The van der Waals surface area contributed by atoms with Gasteiger partial charge in [-0.15, -0.1) is 0 Å². The zero-order valence-corrected chi connectivity index (χ0v) is 15.7. The molecule has 0 bridgehead atoms. The third-order valence-corrected chi connectivity index (χ3v) is 4.08. The molecule has 0 radical (unpaired) electrons. The Bertz CT molecular complexity index is 959. The van der Waals surface area contributed by atoms with Gasteiger partial charge in [0.05, 0.1) is 23.3 Å². The summed E-state index contributed by atoms with van der Waals surface area (Å²) >= 11 is 0. The number of non-ortho nitro benzene ring substituents is 1. The molecule has 152 valence electrons. The quantitative estimate of drug-likeness (QED) is 0.444. The van der Waals surface area contributed by atoms with Crippen LogP contribution in [-0.4, -0.2) is 43.2 Å². The van der Waals surface area contributed by atoms with Crippen molar-refractivity contribution in [1.82, 2.24) is 0 Å². The maximum Gasteiger partial charge on any atom is 0.339 e. The molecule has 3 rings (SSSR count). The highest BCUT2D eigenvalue weighted by atomic mass is 16.6. The Kier molecular flexibility index (Phi) is 5.82. The molecule has 1 heterocycles. The van der Waals surface area contributed by atoms with Gasteiger partial charge in [0.1, 0.15) is 19.0 Å². The number of ether oxygens (including phenoxy) is 4. The van der Waals surface area contributed by atoms with E-state index < -0.39 is 22.9 Å². The predicted octanol–water partition coefficient (Wildman–Crippen LogP) is 2.56. The zero-order chi connectivity index (χ0) is 21.0. The number of benzene rings is 2. The monoisotopic (exact) mass is 402 g/mol. The topological polar surface area (TPSA) is 126 Å². The van der Waals surface area contributed by atoms with Crippen LogP contribution in [0.3, 0.4) is 0 Å². The standard InChI is InChI=1S/C19H18N2O8/c1-11(18(22)20-14-10-13(21(24)25)4-6-15(14)26-2)29-19(23)12-3-5-16-17(9-12)28-8-7-27-16/h3-6,9-11H,7-8H2,1-2H3,(H,20,22)/t11-/m0/s1. The number of methoxy groups -OCH3 is 1. The summed E-state index contributed by atoms with van der Waals surface area (Å²) < 4.78 is 21.1. The van der Waals surface area contributed by atoms with Crippen LogP contribution < -0.4 is 19.5 Å². The van der Waals surface area contributed by atoms with E-state index in [1.54, 1.807) is 6.07 Å². The van der Waals surface area contributed by atoms with Gasteiger partial charge in [-0.1, -0.05) is 0 Å². The lowest BCUT2D eigenvalue weighted by molar-refractivity contribution is -0.384. The van der Waals surface area contributed by atoms with Crippen molar-refractivity contribution in [2.24, 2.45) is 0 Å². The highest BCUT2D eigenvalue weighted by Crippen LogP contribution is 2.31. The van der Waals surface area contributed by atoms with Crippen molar-refractivity contribution in [3.05, 3.63) is 52.1 Å². The van der Waals surface area contributed by atoms with Crippen LogP contribution in [0.2, 0.25) is 0 Å². The Morgan fingerprint density at radius 3 is 2.55 bits per heavy atom. The lowest BCUT2D eigenvalue weighted by Gasteiger charge is -2.19. The van der Waals surface area contributed by atoms with Crippen molar-refractivity contribution < 1.29 is 33.5 Å². The Labute approximate surface area is 165 Å². The second-order valence-electron chi connectivity index (χ2n) is 6.04. The lowest BCUT2D eigenvalue weighted by Crippen LogP contribution is -2.30. The third-order valence-electron chi connectivity index (χ3n) is 4.08. The fraction of sp³-hybridized carbons (Fsp3) is 0.263. The normalized spacial score (nSPS) is 13.2. The number of hydrogen-bond acceptors (Lipinski definition) is 8. The summed E-state index contributed by atoms with van der Waals surface area (Å²) in [5.41, 5.74) is 0.0674. The first-order chi connectivity index (χ1) is 13.9. The Hall–Kier alpha value is -3.82. The smallest absolute Gasteiger partial charge is 0.339 e. The summed E-state index contributed by atoms with van der Waals surface area (Å²) in [5, 5.41) is 13.4. The molecule has 1 aliphatic heterocycles. The van der Waals surface area contributed by atoms with E-state index >= 15 is 0 Å². The van der Waals surface area contributed by atoms with Crippen LogP contribution in [0.15, 0.2) is 36.4 Å². The highest BCUT2D eigenvalue weighted by Gasteiger charge is 2.23. The Morgan fingerprint density at radius 2 is 1.86 bits per heavy atom. The minimum Gasteiger partial charge on any atom is -0.495 e. The largest absolute Gasteiger partial charge is 0.495 e. The van der Waals surface area contributed by atoms with Crippen LogP contribution in [0, 0.1) is 10.1 Å². The molecule has 0 fully saturated rings. The van der Waals surface area contributed by atoms with Gasteiger partial charge < -0.3 is 24.3 Å². The number of amides is 1. The van der Waals surface area contributed by atoms with Gasteiger partial charge in [0.15, 0.2) is 17.6 Å². The van der Waals surface area contributed by atoms with E-state index in [2.05, 4.69) is 5.32 Å². The van der Waals surface area contributed by atoms with Gasteiger partial charge in [0.25, 0.3) is 11.6 Å². The molecule has 0 unspecified atom stereocenters. The van der Waals surface area contributed by atoms with E-state index in [1.165, 1.54) is 38.3 Å². The summed E-state index contributed by atoms with van der Waals surface area (Å²) in [4.78, 5) is 35.1. The van der Waals surface area contributed by atoms with Crippen molar-refractivity contribution in [3.63, 3.8) is 0 Å². The zero-order valence-electron chi connectivity index (χ0n) is 15.7. The summed E-state index contributed by atoms with van der Waals surface area (Å²) in [6.45, 7) is 2.18. The highest BCUT2D eigenvalue weighted by molar-refractivity contribution is 5.98. The number of fused-ring (bicyclic) bond motifs is 1. The van der Waals surface area contributed by atoms with E-state index in [1.807, 2.05) is 0 Å². The van der Waals surface area contributed by atoms with Gasteiger partial charge in [-0.25, -0.2) is 4.79 Å². The van der Waals surface area contributed by atoms with Gasteiger partial charge in [-0.3, -0.25) is 14.9 Å². The molecule has 2 aromatic carbocycles. The van der Waals surface area contributed by atoms with E-state index in [-0.39, 0.29) is 22.7 Å². The second-order valence-corrected chi connectivity index (χ2v) is 6.04. The minimum atomic E-state index is -1.17. The summed E-state index contributed by atoms with van der Waals surface area (Å²) in [6.07, 6.45) is -1.17. The van der Waals surface area contributed by atoms with Crippen LogP contribution in [-0.2, 0) is 9.53 Å². The molecule has 1 aliphatic rings. The van der Waals surface area contributed by atoms with E-state index in [9.17, 15) is 19.7 Å². The number of nitro groups is 1. The number of hydrogen-bond donors (Lipinski definition) is 1. The van der Waals surface area contributed by atoms with Gasteiger partial charge in [-0.2, -0.15) is 0 Å². The molecule has 0 saturated heterocycles. The average molecular weight is 402 g/mol. The van der Waals surface area contributed by atoms with E-state index in [4.69, 9.17) is 18.9 Å². The maximum atomic E-state index is 12.4. The van der Waals surface area contributed by atoms with Gasteiger partial charge in [-0.05, 0) is 31.2 Å². The molecule has 0 aromatic heterocycles. The number of carbonyl (C=O) groups is 2. The summed E-state index contributed by atoms with van der Waals surface area (Å²) in [5.74, 6) is -0.222. The van der Waals surface area contributed by atoms with Gasteiger partial charge in [0.2, 0.25) is 0 Å². The average Bonchev–Trinajstić information content (AvgIpc) is 2.73. The fourth-order valence-electron chi connectivity index (χ4n) is 2.59. The lowest BCUT2D eigenvalue weighted by atomic mass is 10.2. The van der Waals surface area contributed by atoms with Gasteiger partial charge >= 0.3 is 5.97 Å². The number of nitrogens with one attached hydrogen (secondary N) is 1. The van der Waals surface area contributed by atoms with Crippen molar-refractivity contribution in [2.75, 3.05) is 25.6 Å². The van der Waals surface area contributed by atoms with Crippen molar-refractivity contribution in [2.45, 2.75) is 13.0 Å². The SMILES string of the molecule is COc1ccc([N+](=O)[O-])cc1NC(=O)[C@H](C)OC(=O)c1ccc2c(c1)OCCO2. The third kappa shape index (κ3) is 4.54. The molecule has 1 atom stereocenters. The Balaban J connectivity index is 1.68. The first-order valence-corrected chi connectivity index (χ1v) is 8.63. The van der Waals surface area contributed by atoms with Crippen LogP contribution in [0.1, 0.15) is 17.3 Å². The Morgan fingerprint density at radius 1 is 1.14 bits per heavy atom. The molecule has 0 saturated carbocycles. The molecule has 2 aromatic rings. The number of nitrogens with zero attached hydrogens (tertiary/aromatic N) is 1. The van der Waals surface area contributed by atoms with Crippen LogP contribution in [0.4, 0.5) is 11.4 Å². The molecular weight excluding hydrogens is 384 g/mol. The first-order valence-electron chi connectivity index (χ1n) is 8.63. The molecule has 0 spiro atoms. The molecule has 0 aliphatic carbocycles. The van der Waals surface area contributed by atoms with E-state index in [0.717, 1.165) is 6.07 Å². The number of carbonyl (C=O) groups excluding carboxylic acids is 2. The molecule has 1 amide bonds. The number of nitro benzene ring substituents is 1. The fourth-order valence-corrected chi connectivity index (χ4v) is 2.59. The number of anilines is 1. The van der Waals surface area contributed by atoms with E-state index in [0.29, 0.717) is 24.7 Å². The maximum absolute atomic E-state index is 12.4. The van der Waals surface area contributed by atoms with Crippen molar-refractivity contribution in [3.8, 4) is 17.2 Å². The van der Waals surface area contributed by atoms with Crippen molar-refractivity contribution in [1.29, 1.82) is 0 Å². The molecular formula is C19H18N2O8. The summed E-state index contributed by atoms with van der Waals surface area (Å²) in [7, 11) is 1.36. The van der Waals surface area contributed by atoms with Gasteiger partial charge in [0, 0.05) is 12.1 Å².